The van der Waals surface area contributed by atoms with E-state index in [-0.39, 0.29) is 35.1 Å². The van der Waals surface area contributed by atoms with Crippen LogP contribution in [0.4, 0.5) is 0 Å². The maximum Gasteiger partial charge on any atom is 0.159 e. The van der Waals surface area contributed by atoms with Gasteiger partial charge < -0.3 is 27.8 Å². The molecule has 0 spiro atoms. The number of thioether (sulfide) groups is 4. The first-order valence-electron chi connectivity index (χ1n) is 19.8. The molecule has 0 bridgehead atoms. The van der Waals surface area contributed by atoms with Crippen molar-refractivity contribution < 1.29 is 0 Å². The average molecular weight is 1050 g/mol. The van der Waals surface area contributed by atoms with Crippen LogP contribution < -0.4 is 27.8 Å². The van der Waals surface area contributed by atoms with E-state index in [1.54, 1.807) is 23.5 Å². The second-order valence-corrected chi connectivity index (χ2v) is 19.3. The van der Waals surface area contributed by atoms with Gasteiger partial charge in [-0.15, -0.1) is 24.8 Å². The molecule has 7 rings (SSSR count). The second kappa shape index (κ2) is 30.9. The second-order valence-electron chi connectivity index (χ2n) is 14.0. The summed E-state index contributed by atoms with van der Waals surface area (Å²) >= 11 is 23.7. The predicted octanol–water partition coefficient (Wildman–Crippen LogP) is 10.8. The van der Waals surface area contributed by atoms with E-state index in [1.165, 1.54) is 45.8 Å². The molecule has 0 radical (unpaired) electrons. The highest BCUT2D eigenvalue weighted by atomic mass is 35.5. The highest BCUT2D eigenvalue weighted by molar-refractivity contribution is 8.14. The van der Waals surface area contributed by atoms with Crippen molar-refractivity contribution in [2.75, 3.05) is 26.7 Å². The predicted molar refractivity (Wildman–Crippen MR) is 290 cm³/mol. The van der Waals surface area contributed by atoms with Gasteiger partial charge >= 0.3 is 0 Å². The molecule has 0 amide bonds. The Morgan fingerprint density at radius 2 is 0.846 bits per heavy atom. The van der Waals surface area contributed by atoms with E-state index in [0.717, 1.165) is 80.0 Å². The van der Waals surface area contributed by atoms with Crippen LogP contribution in [0.5, 0.6) is 0 Å². The monoisotopic (exact) mass is 1050 g/mol. The van der Waals surface area contributed by atoms with E-state index in [4.69, 9.17) is 72.8 Å². The van der Waals surface area contributed by atoms with Gasteiger partial charge in [0.05, 0.1) is 26.7 Å². The molecule has 2 aliphatic rings. The van der Waals surface area contributed by atoms with Crippen LogP contribution in [-0.4, -0.2) is 57.1 Å². The lowest BCUT2D eigenvalue weighted by Crippen LogP contribution is -2.41. The number of halogens is 5. The first-order valence-corrected chi connectivity index (χ1v) is 24.9. The lowest BCUT2D eigenvalue weighted by molar-refractivity contribution is 0.258. The summed E-state index contributed by atoms with van der Waals surface area (Å²) in [6, 6.07) is 40.1. The van der Waals surface area contributed by atoms with Gasteiger partial charge in [0.25, 0.3) is 0 Å². The molecule has 20 heteroatoms. The molecule has 2 heterocycles. The van der Waals surface area contributed by atoms with Crippen molar-refractivity contribution in [1.82, 2.24) is 20.4 Å². The van der Waals surface area contributed by atoms with Gasteiger partial charge in [-0.1, -0.05) is 167 Å². The molecule has 0 fully saturated rings. The van der Waals surface area contributed by atoms with Crippen molar-refractivity contribution in [3.05, 3.63) is 175 Å². The van der Waals surface area contributed by atoms with Crippen LogP contribution in [0.3, 0.4) is 0 Å². The Kier molecular flexibility index (Phi) is 26.6. The maximum atomic E-state index is 7.17. The van der Waals surface area contributed by atoms with E-state index in [1.807, 2.05) is 72.8 Å². The van der Waals surface area contributed by atoms with E-state index in [2.05, 4.69) is 69.0 Å². The van der Waals surface area contributed by atoms with Gasteiger partial charge in [-0.05, 0) is 75.3 Å². The topological polar surface area (TPSA) is 181 Å². The first-order chi connectivity index (χ1) is 30.5. The van der Waals surface area contributed by atoms with Crippen molar-refractivity contribution in [3.63, 3.8) is 0 Å². The molecular weight excluding hydrogens is 1000 g/mol. The summed E-state index contributed by atoms with van der Waals surface area (Å²) in [5.41, 5.74) is 24.5. The number of amidine groups is 4. The van der Waals surface area contributed by atoms with E-state index >= 15 is 0 Å². The number of benzene rings is 5. The zero-order valence-corrected chi connectivity index (χ0v) is 42.6. The Hall–Kier alpha value is -3.29. The largest absolute Gasteiger partial charge is 0.379 e. The summed E-state index contributed by atoms with van der Waals surface area (Å²) in [4.78, 5) is 14.0. The molecule has 348 valence electrons. The Labute approximate surface area is 427 Å². The average Bonchev–Trinajstić information content (AvgIpc) is 3.30. The number of hydrogen-bond acceptors (Lipinski definition) is 13. The maximum absolute atomic E-state index is 7.17. The molecule has 10 N–H and O–H groups in total. The highest BCUT2D eigenvalue weighted by Crippen LogP contribution is 2.24. The van der Waals surface area contributed by atoms with Crippen LogP contribution in [0.15, 0.2) is 131 Å². The Bertz CT molecular complexity index is 2140. The molecule has 11 nitrogen and oxygen atoms in total. The van der Waals surface area contributed by atoms with Gasteiger partial charge in [0.2, 0.25) is 0 Å². The van der Waals surface area contributed by atoms with E-state index < -0.39 is 0 Å². The fourth-order valence-corrected chi connectivity index (χ4v) is 9.24. The van der Waals surface area contributed by atoms with E-state index in [0.29, 0.717) is 31.4 Å². The Balaban J connectivity index is 0.000000342. The van der Waals surface area contributed by atoms with E-state index in [9.17, 15) is 0 Å². The van der Waals surface area contributed by atoms with Crippen LogP contribution in [0.25, 0.3) is 0 Å². The molecule has 65 heavy (non-hydrogen) atoms. The summed E-state index contributed by atoms with van der Waals surface area (Å²) in [5, 5.41) is 25.8. The molecule has 0 unspecified atom stereocenters. The first kappa shape index (κ1) is 56.0. The number of hydrogen-bond donors (Lipinski definition) is 7. The fourth-order valence-electron chi connectivity index (χ4n) is 5.90. The third-order valence-corrected chi connectivity index (χ3v) is 13.5. The summed E-state index contributed by atoms with van der Waals surface area (Å²) < 4.78 is 0. The third kappa shape index (κ3) is 21.5. The standard InChI is InChI=1S/C28H30Cl2N6S2.C10H14N4S2.C7H8ClN.2ClH/c29-25-9-5-21(6-10-25)13-35-17-31-27(32-18-35)37-15-23-3-1-2-4-24(23)16-38-28-33-19-36(20-34-28)14-22-7-11-26(30)12-8-22;11-9(12)15-5-7-3-1-2-4-8(7)6-16-10(13)14;8-7-3-1-6(5-9)2-4-7;;/h1-12H,13-20H2,(H,31,32)(H,33,34);1-4H,5-6H2,(H3,11,12)(H3,13,14);1-4H,5,9H2;2*1H. The molecule has 0 aromatic heterocycles. The molecule has 5 aromatic carbocycles. The van der Waals surface area contributed by atoms with Gasteiger partial charge in [-0.2, -0.15) is 0 Å². The summed E-state index contributed by atoms with van der Waals surface area (Å²) in [7, 11) is 0. The van der Waals surface area contributed by atoms with Crippen molar-refractivity contribution in [3.8, 4) is 0 Å². The van der Waals surface area contributed by atoms with Crippen molar-refractivity contribution in [1.29, 1.82) is 10.8 Å². The SMILES string of the molecule is Cl.Cl.Clc1ccc(CN2CN=C(SCc3ccccc3CSC3=NCN(Cc4ccc(Cl)cc4)CN3)NC2)cc1.N=C(N)SCc1ccccc1CSC(=N)N.NCc1ccc(Cl)cc1. The summed E-state index contributed by atoms with van der Waals surface area (Å²) in [6.45, 7) is 5.23. The smallest absolute Gasteiger partial charge is 0.159 e. The van der Waals surface area contributed by atoms with Crippen molar-refractivity contribution in [2.45, 2.75) is 42.6 Å². The van der Waals surface area contributed by atoms with Crippen molar-refractivity contribution >= 4 is 127 Å². The quantitative estimate of drug-likeness (QED) is 0.0440. The highest BCUT2D eigenvalue weighted by Gasteiger charge is 2.16. The zero-order valence-electron chi connectivity index (χ0n) is 35.4. The lowest BCUT2D eigenvalue weighted by atomic mass is 10.1. The zero-order chi connectivity index (χ0) is 44.8. The van der Waals surface area contributed by atoms with Gasteiger partial charge in [0, 0.05) is 57.7 Å². The van der Waals surface area contributed by atoms with Crippen LogP contribution in [0.2, 0.25) is 15.1 Å². The van der Waals surface area contributed by atoms with Crippen LogP contribution in [0.1, 0.15) is 38.9 Å². The third-order valence-electron chi connectivity index (χ3n) is 9.26. The van der Waals surface area contributed by atoms with Gasteiger partial charge in [0.15, 0.2) is 20.7 Å². The number of nitrogens with one attached hydrogen (secondary N) is 4. The van der Waals surface area contributed by atoms with Crippen molar-refractivity contribution in [2.24, 2.45) is 27.2 Å². The minimum atomic E-state index is 0. The summed E-state index contributed by atoms with van der Waals surface area (Å²) in [6.07, 6.45) is 0. The van der Waals surface area contributed by atoms with Crippen LogP contribution in [-0.2, 0) is 42.6 Å². The van der Waals surface area contributed by atoms with Crippen LogP contribution >= 0.6 is 107 Å². The molecule has 0 aliphatic carbocycles. The van der Waals surface area contributed by atoms with Gasteiger partial charge in [-0.3, -0.25) is 20.6 Å². The molecule has 2 aliphatic heterocycles. The molecular formula is C45H54Cl5N11S4. The minimum absolute atomic E-state index is 0. The number of aliphatic imine (C=N–C) groups is 2. The fraction of sp³-hybridized carbons (Fsp3) is 0.244. The number of nitrogens with zero attached hydrogens (tertiary/aromatic N) is 4. The lowest BCUT2D eigenvalue weighted by Gasteiger charge is -2.27. The number of nitrogens with two attached hydrogens (primary N) is 3. The molecule has 5 aromatic rings. The van der Waals surface area contributed by atoms with Gasteiger partial charge in [0.1, 0.15) is 0 Å². The van der Waals surface area contributed by atoms with Crippen LogP contribution in [0, 0.1) is 10.8 Å². The molecule has 0 atom stereocenters. The summed E-state index contributed by atoms with van der Waals surface area (Å²) in [5.74, 6) is 3.14. The molecule has 0 saturated heterocycles. The normalized spacial score (nSPS) is 13.4. The Morgan fingerprint density at radius 3 is 1.14 bits per heavy atom. The Morgan fingerprint density at radius 1 is 0.523 bits per heavy atom. The van der Waals surface area contributed by atoms with Gasteiger partial charge in [-0.25, -0.2) is 9.98 Å². The molecule has 0 saturated carbocycles. The minimum Gasteiger partial charge on any atom is -0.379 e. The number of rotatable bonds is 13.